The molecule has 2 N–H and O–H groups in total. The standard InChI is InChI=1S/C17H22F2N2O2/c1-11-3-2-4-13(9-11)21-16(22)7-8-20-17(23)14-6-5-12(18)10-15(14)19/h5-6,10-11,13H,2-4,7-9H2,1H3,(H,20,23)(H,21,22). The maximum Gasteiger partial charge on any atom is 0.254 e. The highest BCUT2D eigenvalue weighted by molar-refractivity contribution is 5.94. The average Bonchev–Trinajstić information content (AvgIpc) is 2.47. The largest absolute Gasteiger partial charge is 0.353 e. The van der Waals surface area contributed by atoms with Gasteiger partial charge in [-0.05, 0) is 30.9 Å². The third kappa shape index (κ3) is 5.30. The molecule has 0 heterocycles. The number of carbonyl (C=O) groups excluding carboxylic acids is 2. The molecule has 1 aromatic rings. The first-order valence-electron chi connectivity index (χ1n) is 7.98. The van der Waals surface area contributed by atoms with Crippen molar-refractivity contribution >= 4 is 11.8 Å². The molecule has 0 aliphatic heterocycles. The number of amides is 2. The molecule has 0 radical (unpaired) electrons. The predicted octanol–water partition coefficient (Wildman–Crippen LogP) is 2.78. The molecule has 2 rings (SSSR count). The minimum absolute atomic E-state index is 0.115. The second kappa shape index (κ2) is 8.04. The van der Waals surface area contributed by atoms with Crippen molar-refractivity contribution < 1.29 is 18.4 Å². The minimum atomic E-state index is -0.914. The molecule has 0 aromatic heterocycles. The average molecular weight is 324 g/mol. The van der Waals surface area contributed by atoms with Crippen LogP contribution in [-0.4, -0.2) is 24.4 Å². The van der Waals surface area contributed by atoms with E-state index in [9.17, 15) is 18.4 Å². The maximum atomic E-state index is 13.5. The van der Waals surface area contributed by atoms with E-state index < -0.39 is 17.5 Å². The lowest BCUT2D eigenvalue weighted by molar-refractivity contribution is -0.121. The number of halogens is 2. The van der Waals surface area contributed by atoms with Gasteiger partial charge in [0.2, 0.25) is 5.91 Å². The molecule has 1 fully saturated rings. The van der Waals surface area contributed by atoms with Crippen molar-refractivity contribution in [2.24, 2.45) is 5.92 Å². The molecular weight excluding hydrogens is 302 g/mol. The molecule has 1 aliphatic rings. The number of carbonyl (C=O) groups is 2. The van der Waals surface area contributed by atoms with E-state index in [-0.39, 0.29) is 30.5 Å². The van der Waals surface area contributed by atoms with Crippen LogP contribution in [0.3, 0.4) is 0 Å². The van der Waals surface area contributed by atoms with E-state index >= 15 is 0 Å². The predicted molar refractivity (Wildman–Crippen MR) is 82.9 cm³/mol. The quantitative estimate of drug-likeness (QED) is 0.875. The van der Waals surface area contributed by atoms with Crippen LogP contribution in [0.15, 0.2) is 18.2 Å². The normalized spacial score (nSPS) is 20.8. The first-order chi connectivity index (χ1) is 11.0. The Morgan fingerprint density at radius 3 is 2.74 bits per heavy atom. The first kappa shape index (κ1) is 17.4. The number of benzene rings is 1. The Balaban J connectivity index is 1.73. The van der Waals surface area contributed by atoms with Crippen molar-refractivity contribution in [1.82, 2.24) is 10.6 Å². The van der Waals surface area contributed by atoms with Gasteiger partial charge < -0.3 is 10.6 Å². The zero-order valence-corrected chi connectivity index (χ0v) is 13.2. The Morgan fingerprint density at radius 2 is 2.04 bits per heavy atom. The van der Waals surface area contributed by atoms with Crippen LogP contribution in [0.1, 0.15) is 49.4 Å². The van der Waals surface area contributed by atoms with Gasteiger partial charge in [-0.2, -0.15) is 0 Å². The number of hydrogen-bond acceptors (Lipinski definition) is 2. The summed E-state index contributed by atoms with van der Waals surface area (Å²) in [4.78, 5) is 23.6. The van der Waals surface area contributed by atoms with Crippen molar-refractivity contribution in [2.75, 3.05) is 6.54 Å². The maximum absolute atomic E-state index is 13.5. The van der Waals surface area contributed by atoms with Crippen LogP contribution in [0.4, 0.5) is 8.78 Å². The number of rotatable bonds is 5. The highest BCUT2D eigenvalue weighted by Gasteiger charge is 2.20. The van der Waals surface area contributed by atoms with Crippen molar-refractivity contribution in [3.8, 4) is 0 Å². The van der Waals surface area contributed by atoms with Gasteiger partial charge in [-0.3, -0.25) is 9.59 Å². The summed E-state index contributed by atoms with van der Waals surface area (Å²) in [7, 11) is 0. The molecule has 1 aromatic carbocycles. The topological polar surface area (TPSA) is 58.2 Å². The Labute approximate surface area is 134 Å². The van der Waals surface area contributed by atoms with Crippen molar-refractivity contribution in [1.29, 1.82) is 0 Å². The van der Waals surface area contributed by atoms with E-state index in [0.29, 0.717) is 12.0 Å². The third-order valence-electron chi connectivity index (χ3n) is 4.11. The molecule has 23 heavy (non-hydrogen) atoms. The molecule has 1 aliphatic carbocycles. The fourth-order valence-corrected chi connectivity index (χ4v) is 2.92. The van der Waals surface area contributed by atoms with Gasteiger partial charge >= 0.3 is 0 Å². The Kier molecular flexibility index (Phi) is 6.07. The van der Waals surface area contributed by atoms with Gasteiger partial charge in [0.1, 0.15) is 11.6 Å². The Bertz CT molecular complexity index is 578. The van der Waals surface area contributed by atoms with Crippen molar-refractivity contribution in [3.05, 3.63) is 35.4 Å². The van der Waals surface area contributed by atoms with E-state index in [0.717, 1.165) is 31.4 Å². The molecule has 2 amide bonds. The summed E-state index contributed by atoms with van der Waals surface area (Å²) in [5.41, 5.74) is -0.229. The van der Waals surface area contributed by atoms with Crippen molar-refractivity contribution in [3.63, 3.8) is 0 Å². The molecule has 0 bridgehead atoms. The van der Waals surface area contributed by atoms with Gasteiger partial charge in [-0.1, -0.05) is 19.8 Å². The molecule has 6 heteroatoms. The van der Waals surface area contributed by atoms with E-state index in [2.05, 4.69) is 17.6 Å². The van der Waals surface area contributed by atoms with Crippen molar-refractivity contribution in [2.45, 2.75) is 45.1 Å². The molecule has 2 unspecified atom stereocenters. The van der Waals surface area contributed by atoms with Gasteiger partial charge in [-0.15, -0.1) is 0 Å². The highest BCUT2D eigenvalue weighted by Crippen LogP contribution is 2.23. The molecule has 4 nitrogen and oxygen atoms in total. The van der Waals surface area contributed by atoms with Crippen LogP contribution in [0, 0.1) is 17.6 Å². The van der Waals surface area contributed by atoms with E-state index in [1.807, 2.05) is 0 Å². The van der Waals surface area contributed by atoms with Gasteiger partial charge in [0, 0.05) is 25.1 Å². The van der Waals surface area contributed by atoms with Crippen LogP contribution >= 0.6 is 0 Å². The SMILES string of the molecule is CC1CCCC(NC(=O)CCNC(=O)c2ccc(F)cc2F)C1. The first-order valence-corrected chi connectivity index (χ1v) is 7.98. The summed E-state index contributed by atoms with van der Waals surface area (Å²) in [6, 6.07) is 2.97. The number of nitrogens with one attached hydrogen (secondary N) is 2. The third-order valence-corrected chi connectivity index (χ3v) is 4.11. The summed E-state index contributed by atoms with van der Waals surface area (Å²) in [6.45, 7) is 2.29. The second-order valence-corrected chi connectivity index (χ2v) is 6.17. The Hall–Kier alpha value is -1.98. The van der Waals surface area contributed by atoms with Crippen LogP contribution in [0.2, 0.25) is 0 Å². The van der Waals surface area contributed by atoms with Crippen LogP contribution in [0.25, 0.3) is 0 Å². The Morgan fingerprint density at radius 1 is 1.26 bits per heavy atom. The highest BCUT2D eigenvalue weighted by atomic mass is 19.1. The molecule has 1 saturated carbocycles. The fourth-order valence-electron chi connectivity index (χ4n) is 2.92. The molecule has 126 valence electrons. The summed E-state index contributed by atoms with van der Waals surface area (Å²) in [5.74, 6) is -1.80. The zero-order valence-electron chi connectivity index (χ0n) is 13.2. The second-order valence-electron chi connectivity index (χ2n) is 6.17. The molecule has 2 atom stereocenters. The smallest absolute Gasteiger partial charge is 0.254 e. The van der Waals surface area contributed by atoms with Crippen LogP contribution in [-0.2, 0) is 4.79 Å². The van der Waals surface area contributed by atoms with Crippen LogP contribution in [0.5, 0.6) is 0 Å². The van der Waals surface area contributed by atoms with E-state index in [1.165, 1.54) is 6.42 Å². The number of hydrogen-bond donors (Lipinski definition) is 2. The molecular formula is C17H22F2N2O2. The van der Waals surface area contributed by atoms with E-state index in [1.54, 1.807) is 0 Å². The van der Waals surface area contributed by atoms with E-state index in [4.69, 9.17) is 0 Å². The van der Waals surface area contributed by atoms with Gasteiger partial charge in [0.25, 0.3) is 5.91 Å². The summed E-state index contributed by atoms with van der Waals surface area (Å²) in [6.07, 6.45) is 4.43. The van der Waals surface area contributed by atoms with Crippen LogP contribution < -0.4 is 10.6 Å². The van der Waals surface area contributed by atoms with Gasteiger partial charge in [-0.25, -0.2) is 8.78 Å². The lowest BCUT2D eigenvalue weighted by Crippen LogP contribution is -2.39. The minimum Gasteiger partial charge on any atom is -0.353 e. The summed E-state index contributed by atoms with van der Waals surface area (Å²) >= 11 is 0. The lowest BCUT2D eigenvalue weighted by Gasteiger charge is -2.27. The monoisotopic (exact) mass is 324 g/mol. The molecule has 0 spiro atoms. The van der Waals surface area contributed by atoms with Gasteiger partial charge in [0.15, 0.2) is 0 Å². The zero-order chi connectivity index (χ0) is 16.8. The summed E-state index contributed by atoms with van der Waals surface area (Å²) in [5, 5.41) is 5.44. The van der Waals surface area contributed by atoms with Gasteiger partial charge in [0.05, 0.1) is 5.56 Å². The lowest BCUT2D eigenvalue weighted by atomic mass is 9.87. The fraction of sp³-hybridized carbons (Fsp3) is 0.529. The molecule has 0 saturated heterocycles. The summed E-state index contributed by atoms with van der Waals surface area (Å²) < 4.78 is 26.2.